The van der Waals surface area contributed by atoms with E-state index in [1.807, 2.05) is 6.92 Å². The van der Waals surface area contributed by atoms with Gasteiger partial charge in [0.2, 0.25) is 0 Å². The molecule has 0 heterocycles. The molecule has 8 nitrogen and oxygen atoms in total. The smallest absolute Gasteiger partial charge is 0 e. The summed E-state index contributed by atoms with van der Waals surface area (Å²) in [5.41, 5.74) is 0. The summed E-state index contributed by atoms with van der Waals surface area (Å²) in [6, 6.07) is 0. The van der Waals surface area contributed by atoms with Crippen molar-refractivity contribution in [1.29, 1.82) is 0 Å². The third-order valence-electron chi connectivity index (χ3n) is 1.07. The first-order valence-electron chi connectivity index (χ1n) is 5.26. The molecule has 0 aliphatic rings. The molecular formula is C19H48O8. The van der Waals surface area contributed by atoms with Crippen molar-refractivity contribution in [2.75, 3.05) is 0 Å². The molecule has 0 saturated heterocycles. The van der Waals surface area contributed by atoms with Gasteiger partial charge in [-0.3, -0.25) is 14.4 Å². The summed E-state index contributed by atoms with van der Waals surface area (Å²) in [5.74, 6) is 0.292. The maximum atomic E-state index is 9.81. The molecule has 172 valence electrons. The first kappa shape index (κ1) is 86.2. The summed E-state index contributed by atoms with van der Waals surface area (Å²) in [6.07, 6.45) is 3.22. The van der Waals surface area contributed by atoms with Crippen molar-refractivity contribution in [3.05, 3.63) is 32.0 Å². The normalized spacial score (nSPS) is 4.37. The van der Waals surface area contributed by atoms with E-state index in [2.05, 4.69) is 19.8 Å². The summed E-state index contributed by atoms with van der Waals surface area (Å²) in [6.45, 7) is 17.0. The van der Waals surface area contributed by atoms with Crippen molar-refractivity contribution in [1.82, 2.24) is 0 Å². The van der Waals surface area contributed by atoms with E-state index >= 15 is 0 Å². The number of carbonyl (C=O) groups excluding carboxylic acids is 3. The van der Waals surface area contributed by atoms with Crippen LogP contribution in [-0.2, 0) is 23.8 Å². The molecule has 0 radical (unpaired) electrons. The second-order valence-electron chi connectivity index (χ2n) is 2.79. The van der Waals surface area contributed by atoms with Gasteiger partial charge in [0.05, 0.1) is 0 Å². The number of hydrogen-bond acceptors (Lipinski definition) is 4. The number of hydrogen-bond donors (Lipinski definition) is 1. The molecule has 0 saturated carbocycles. The van der Waals surface area contributed by atoms with Gasteiger partial charge < -0.3 is 20.9 Å². The number of carboxylic acid groups (broad SMARTS) is 1. The Hall–Kier alpha value is -2.38. The largest absolute Gasteiger partial charge is 0 e. The zero-order valence-electron chi connectivity index (χ0n) is 13.3. The van der Waals surface area contributed by atoms with Crippen LogP contribution in [0.3, 0.4) is 0 Å². The van der Waals surface area contributed by atoms with Crippen LogP contribution in [0.25, 0.3) is 0 Å². The van der Waals surface area contributed by atoms with Crippen LogP contribution in [0.2, 0.25) is 0 Å². The average Bonchev–Trinajstić information content (AvgIpc) is 2.43. The van der Waals surface area contributed by atoms with Crippen molar-refractivity contribution in [2.24, 2.45) is 0 Å². The van der Waals surface area contributed by atoms with Crippen LogP contribution in [0, 0.1) is 6.65 Å². The van der Waals surface area contributed by atoms with Gasteiger partial charge in [0.15, 0.2) is 11.6 Å². The Morgan fingerprint density at radius 2 is 0.963 bits per heavy atom. The SMILES string of the molecule is C.C.C.C.C.C=CC(C)=O.C=CC(C)=O.CCC(C)=O.O.O.O=CO.[C-]#[O+].[HH]. The van der Waals surface area contributed by atoms with E-state index in [9.17, 15) is 14.4 Å². The Morgan fingerprint density at radius 3 is 0.963 bits per heavy atom. The Balaban J connectivity index is -0.00000000873. The molecule has 0 aliphatic carbocycles. The van der Waals surface area contributed by atoms with Crippen molar-refractivity contribution in [3.8, 4) is 0 Å². The van der Waals surface area contributed by atoms with E-state index in [4.69, 9.17) is 14.6 Å². The molecule has 0 aromatic carbocycles. The van der Waals surface area contributed by atoms with E-state index in [0.29, 0.717) is 6.42 Å². The average molecular weight is 405 g/mol. The minimum absolute atomic E-state index is 0. The van der Waals surface area contributed by atoms with Crippen LogP contribution in [0.1, 0.15) is 72.7 Å². The van der Waals surface area contributed by atoms with Gasteiger partial charge >= 0.3 is 11.3 Å². The summed E-state index contributed by atoms with van der Waals surface area (Å²) in [5, 5.41) is 6.89. The molecule has 27 heavy (non-hydrogen) atoms. The third-order valence-corrected chi connectivity index (χ3v) is 1.07. The van der Waals surface area contributed by atoms with Crippen LogP contribution < -0.4 is 0 Å². The Kier molecular flexibility index (Phi) is 342. The molecule has 0 aromatic heterocycles. The molecule has 0 aromatic rings. The monoisotopic (exact) mass is 404 g/mol. The first-order valence-corrected chi connectivity index (χ1v) is 5.26. The van der Waals surface area contributed by atoms with Crippen LogP contribution in [0.5, 0.6) is 0 Å². The molecule has 0 spiro atoms. The quantitative estimate of drug-likeness (QED) is 0.324. The van der Waals surface area contributed by atoms with Gasteiger partial charge in [0.1, 0.15) is 5.78 Å². The fourth-order valence-electron chi connectivity index (χ4n) is 0. The third kappa shape index (κ3) is 843. The van der Waals surface area contributed by atoms with Gasteiger partial charge in [-0.15, -0.1) is 0 Å². The summed E-state index contributed by atoms with van der Waals surface area (Å²) in [4.78, 5) is 37.6. The van der Waals surface area contributed by atoms with E-state index in [-0.39, 0.29) is 73.3 Å². The molecule has 0 bridgehead atoms. The molecule has 0 fully saturated rings. The number of ketones is 3. The molecule has 0 aliphatic heterocycles. The number of carbonyl (C=O) groups is 4. The van der Waals surface area contributed by atoms with Gasteiger partial charge in [0.25, 0.3) is 6.47 Å². The second-order valence-corrected chi connectivity index (χ2v) is 2.79. The van der Waals surface area contributed by atoms with Gasteiger partial charge in [-0.05, 0) is 32.9 Å². The maximum absolute atomic E-state index is 9.81. The van der Waals surface area contributed by atoms with E-state index in [1.54, 1.807) is 6.92 Å². The van der Waals surface area contributed by atoms with Crippen LogP contribution in [0.4, 0.5) is 0 Å². The van der Waals surface area contributed by atoms with Crippen LogP contribution in [-0.4, -0.2) is 39.9 Å². The van der Waals surface area contributed by atoms with E-state index in [0.717, 1.165) is 0 Å². The summed E-state index contributed by atoms with van der Waals surface area (Å²) < 4.78 is 7.50. The minimum atomic E-state index is -0.250. The van der Waals surface area contributed by atoms with Crippen molar-refractivity contribution < 1.29 is 41.3 Å². The fourth-order valence-corrected chi connectivity index (χ4v) is 0. The minimum Gasteiger partial charge on any atom is 0 e. The second kappa shape index (κ2) is 107. The Bertz CT molecular complexity index is 296. The first-order chi connectivity index (χ1) is 9.22. The molecule has 0 rings (SSSR count). The van der Waals surface area contributed by atoms with E-state index < -0.39 is 0 Å². The number of allylic oxidation sites excluding steroid dienone is 2. The topological polar surface area (TPSA) is 171 Å². The predicted octanol–water partition coefficient (Wildman–Crippen LogP) is 3.95. The standard InChI is InChI=1S/C4H8O.2C4H6O.CH2O2.CO.5CH4.2H2O.H2/c3*1-3-4(2)5;2-1-3;1-2;;;;;;;;/h3H2,1-2H3;2*3H,1H2,2H3;1H,(H,2,3);;5*1H4;2*1H2;1H. The molecule has 0 amide bonds. The van der Waals surface area contributed by atoms with Gasteiger partial charge in [-0.2, -0.15) is 0 Å². The van der Waals surface area contributed by atoms with Crippen LogP contribution in [0.15, 0.2) is 25.3 Å². The van der Waals surface area contributed by atoms with Gasteiger partial charge in [-0.1, -0.05) is 57.2 Å². The zero-order chi connectivity index (χ0) is 17.6. The Morgan fingerprint density at radius 1 is 0.889 bits per heavy atom. The summed E-state index contributed by atoms with van der Waals surface area (Å²) >= 11 is 0. The van der Waals surface area contributed by atoms with Crippen LogP contribution >= 0.6 is 0 Å². The van der Waals surface area contributed by atoms with Crippen molar-refractivity contribution in [3.63, 3.8) is 0 Å². The van der Waals surface area contributed by atoms with Gasteiger partial charge in [0, 0.05) is 7.85 Å². The zero-order valence-corrected chi connectivity index (χ0v) is 13.3. The predicted molar refractivity (Wildman–Crippen MR) is 118 cm³/mol. The molecule has 5 N–H and O–H groups in total. The number of rotatable bonds is 3. The van der Waals surface area contributed by atoms with Crippen molar-refractivity contribution >= 4 is 23.8 Å². The molecule has 8 heteroatoms. The number of Topliss-reactive ketones (excluding diaryl/α,β-unsaturated/α-hetero) is 1. The summed E-state index contributed by atoms with van der Waals surface area (Å²) in [7, 11) is 0. The fraction of sp³-hybridized carbons (Fsp3) is 0.526. The maximum Gasteiger partial charge on any atom is 0 e. The van der Waals surface area contributed by atoms with E-state index in [1.165, 1.54) is 26.0 Å². The molecule has 0 atom stereocenters. The molecule has 0 unspecified atom stereocenters. The molecular weight excluding hydrogens is 356 g/mol. The van der Waals surface area contributed by atoms with Crippen molar-refractivity contribution in [2.45, 2.75) is 71.2 Å². The van der Waals surface area contributed by atoms with Gasteiger partial charge in [-0.25, -0.2) is 0 Å². The Labute approximate surface area is 169 Å².